The summed E-state index contributed by atoms with van der Waals surface area (Å²) in [4.78, 5) is 16.2. The van der Waals surface area contributed by atoms with Crippen LogP contribution in [-0.4, -0.2) is 84.6 Å². The highest BCUT2D eigenvalue weighted by Gasteiger charge is 2.40. The molecule has 1 spiro atoms. The molecule has 1 unspecified atom stereocenters. The summed E-state index contributed by atoms with van der Waals surface area (Å²) >= 11 is 0. The van der Waals surface area contributed by atoms with Gasteiger partial charge in [0.05, 0.1) is 19.3 Å². The first-order chi connectivity index (χ1) is 10.6. The highest BCUT2D eigenvalue weighted by molar-refractivity contribution is 5.77. The monoisotopic (exact) mass is 314 g/mol. The number of rotatable bonds is 7. The number of piperidine rings is 2. The lowest BCUT2D eigenvalue weighted by Gasteiger charge is -2.47. The van der Waals surface area contributed by atoms with Gasteiger partial charge in [0.2, 0.25) is 5.91 Å². The summed E-state index contributed by atoms with van der Waals surface area (Å²) in [6, 6.07) is 0. The number of hydrogen-bond acceptors (Lipinski definition) is 5. The zero-order valence-electron chi connectivity index (χ0n) is 13.7. The molecule has 2 aliphatic rings. The molecular formula is C16H30N2O4. The van der Waals surface area contributed by atoms with Crippen LogP contribution < -0.4 is 0 Å². The number of nitrogens with zero attached hydrogens (tertiary/aromatic N) is 2. The van der Waals surface area contributed by atoms with Crippen LogP contribution >= 0.6 is 0 Å². The summed E-state index contributed by atoms with van der Waals surface area (Å²) in [7, 11) is 0. The zero-order chi connectivity index (χ0) is 16.0. The third-order valence-electron chi connectivity index (χ3n) is 5.05. The van der Waals surface area contributed by atoms with E-state index in [1.54, 1.807) is 0 Å². The summed E-state index contributed by atoms with van der Waals surface area (Å²) < 4.78 is 5.38. The molecule has 22 heavy (non-hydrogen) atoms. The fourth-order valence-corrected chi connectivity index (χ4v) is 3.60. The minimum absolute atomic E-state index is 0.179. The topological polar surface area (TPSA) is 73.2 Å². The van der Waals surface area contributed by atoms with Crippen LogP contribution in [0.3, 0.4) is 0 Å². The fourth-order valence-electron chi connectivity index (χ4n) is 3.60. The molecule has 0 bridgehead atoms. The van der Waals surface area contributed by atoms with Crippen LogP contribution in [0.5, 0.6) is 0 Å². The van der Waals surface area contributed by atoms with Crippen molar-refractivity contribution in [2.45, 2.75) is 38.7 Å². The molecule has 0 aliphatic carbocycles. The number of ether oxygens (including phenoxy) is 1. The van der Waals surface area contributed by atoms with Gasteiger partial charge in [0.15, 0.2) is 0 Å². The normalized spacial score (nSPS) is 24.0. The first-order valence-electron chi connectivity index (χ1n) is 8.45. The molecule has 2 rings (SSSR count). The van der Waals surface area contributed by atoms with Gasteiger partial charge < -0.3 is 24.7 Å². The van der Waals surface area contributed by atoms with Gasteiger partial charge in [-0.3, -0.25) is 4.79 Å². The van der Waals surface area contributed by atoms with E-state index in [9.17, 15) is 9.90 Å². The minimum Gasteiger partial charge on any atom is -0.394 e. The molecule has 0 aromatic rings. The maximum absolute atomic E-state index is 12.1. The molecule has 1 atom stereocenters. The third-order valence-corrected chi connectivity index (χ3v) is 5.05. The predicted molar refractivity (Wildman–Crippen MR) is 83.5 cm³/mol. The lowest BCUT2D eigenvalue weighted by Crippen LogP contribution is -2.53. The Labute approximate surface area is 133 Å². The van der Waals surface area contributed by atoms with Gasteiger partial charge in [0.25, 0.3) is 0 Å². The largest absolute Gasteiger partial charge is 0.394 e. The van der Waals surface area contributed by atoms with Crippen molar-refractivity contribution >= 4 is 5.91 Å². The first-order valence-corrected chi connectivity index (χ1v) is 8.45. The van der Waals surface area contributed by atoms with E-state index in [-0.39, 0.29) is 17.9 Å². The van der Waals surface area contributed by atoms with Gasteiger partial charge in [0, 0.05) is 32.7 Å². The molecule has 6 heteroatoms. The third kappa shape index (κ3) is 4.65. The van der Waals surface area contributed by atoms with Gasteiger partial charge in [-0.25, -0.2) is 0 Å². The minimum atomic E-state index is -0.648. The maximum atomic E-state index is 12.1. The van der Waals surface area contributed by atoms with E-state index in [1.165, 1.54) is 0 Å². The Morgan fingerprint density at radius 2 is 2.05 bits per heavy atom. The molecule has 2 aliphatic heterocycles. The summed E-state index contributed by atoms with van der Waals surface area (Å²) in [6.07, 6.45) is 3.09. The van der Waals surface area contributed by atoms with Crippen molar-refractivity contribution in [1.29, 1.82) is 0 Å². The van der Waals surface area contributed by atoms with Crippen molar-refractivity contribution in [1.82, 2.24) is 9.80 Å². The zero-order valence-corrected chi connectivity index (χ0v) is 13.7. The molecule has 128 valence electrons. The SMILES string of the molecule is CCOCCN1CC2(CCC1=O)CCN(CC(O)CO)CC2. The van der Waals surface area contributed by atoms with E-state index in [0.717, 1.165) is 38.9 Å². The van der Waals surface area contributed by atoms with Crippen molar-refractivity contribution in [3.8, 4) is 0 Å². The van der Waals surface area contributed by atoms with Crippen molar-refractivity contribution in [3.05, 3.63) is 0 Å². The molecule has 0 aromatic heterocycles. The Balaban J connectivity index is 1.83. The molecule has 0 aromatic carbocycles. The number of β-amino-alcohol motifs (C(OH)–C–C–N with tert-alkyl or cyclic N) is 1. The Bertz CT molecular complexity index is 356. The molecule has 2 N–H and O–H groups in total. The smallest absolute Gasteiger partial charge is 0.222 e. The van der Waals surface area contributed by atoms with E-state index in [2.05, 4.69) is 4.90 Å². The molecule has 2 fully saturated rings. The van der Waals surface area contributed by atoms with E-state index >= 15 is 0 Å². The van der Waals surface area contributed by atoms with Crippen LogP contribution in [0.2, 0.25) is 0 Å². The van der Waals surface area contributed by atoms with Gasteiger partial charge >= 0.3 is 0 Å². The molecule has 1 amide bonds. The van der Waals surface area contributed by atoms with Crippen molar-refractivity contribution in [2.24, 2.45) is 5.41 Å². The Morgan fingerprint density at radius 3 is 2.68 bits per heavy atom. The Morgan fingerprint density at radius 1 is 1.32 bits per heavy atom. The van der Waals surface area contributed by atoms with E-state index in [1.807, 2.05) is 11.8 Å². The van der Waals surface area contributed by atoms with Gasteiger partial charge in [-0.2, -0.15) is 0 Å². The van der Waals surface area contributed by atoms with Crippen LogP contribution in [0.1, 0.15) is 32.6 Å². The van der Waals surface area contributed by atoms with Gasteiger partial charge in [-0.05, 0) is 44.7 Å². The van der Waals surface area contributed by atoms with Crippen LogP contribution in [0.15, 0.2) is 0 Å². The lowest BCUT2D eigenvalue weighted by atomic mass is 9.72. The first kappa shape index (κ1) is 17.7. The quantitative estimate of drug-likeness (QED) is 0.651. The summed E-state index contributed by atoms with van der Waals surface area (Å²) in [6.45, 7) is 7.05. The number of carbonyl (C=O) groups is 1. The average molecular weight is 314 g/mol. The van der Waals surface area contributed by atoms with Gasteiger partial charge in [-0.1, -0.05) is 0 Å². The lowest BCUT2D eigenvalue weighted by molar-refractivity contribution is -0.140. The number of hydrogen-bond donors (Lipinski definition) is 2. The molecule has 2 saturated heterocycles. The maximum Gasteiger partial charge on any atom is 0.222 e. The number of carbonyl (C=O) groups excluding carboxylic acids is 1. The second-order valence-corrected chi connectivity index (χ2v) is 6.65. The molecule has 6 nitrogen and oxygen atoms in total. The number of aliphatic hydroxyl groups excluding tert-OH is 2. The second kappa shape index (κ2) is 8.24. The van der Waals surface area contributed by atoms with Gasteiger partial charge in [-0.15, -0.1) is 0 Å². The Hall–Kier alpha value is -0.690. The highest BCUT2D eigenvalue weighted by Crippen LogP contribution is 2.40. The van der Waals surface area contributed by atoms with Crippen molar-refractivity contribution < 1.29 is 19.7 Å². The number of likely N-dealkylation sites (tertiary alicyclic amines) is 2. The second-order valence-electron chi connectivity index (χ2n) is 6.65. The van der Waals surface area contributed by atoms with E-state index in [0.29, 0.717) is 32.7 Å². The van der Waals surface area contributed by atoms with Crippen LogP contribution in [0.4, 0.5) is 0 Å². The standard InChI is InChI=1S/C16H30N2O4/c1-2-22-10-9-18-13-16(4-3-15(18)21)5-7-17(8-6-16)11-14(20)12-19/h14,19-20H,2-13H2,1H3. The van der Waals surface area contributed by atoms with Crippen LogP contribution in [0.25, 0.3) is 0 Å². The van der Waals surface area contributed by atoms with Gasteiger partial charge in [0.1, 0.15) is 0 Å². The van der Waals surface area contributed by atoms with Crippen molar-refractivity contribution in [3.63, 3.8) is 0 Å². The van der Waals surface area contributed by atoms with E-state index in [4.69, 9.17) is 9.84 Å². The molecule has 0 radical (unpaired) electrons. The van der Waals surface area contributed by atoms with Crippen LogP contribution in [0, 0.1) is 5.41 Å². The molecule has 2 heterocycles. The fraction of sp³-hybridized carbons (Fsp3) is 0.938. The van der Waals surface area contributed by atoms with Crippen LogP contribution in [-0.2, 0) is 9.53 Å². The summed E-state index contributed by atoms with van der Waals surface area (Å²) in [5.74, 6) is 0.253. The molecule has 0 saturated carbocycles. The summed E-state index contributed by atoms with van der Waals surface area (Å²) in [5.41, 5.74) is 0.237. The average Bonchev–Trinajstić information content (AvgIpc) is 2.53. The predicted octanol–water partition coefficient (Wildman–Crippen LogP) is 0.0807. The Kier molecular flexibility index (Phi) is 6.62. The van der Waals surface area contributed by atoms with Crippen molar-refractivity contribution in [2.75, 3.05) is 52.5 Å². The molecular weight excluding hydrogens is 284 g/mol. The highest BCUT2D eigenvalue weighted by atomic mass is 16.5. The van der Waals surface area contributed by atoms with E-state index < -0.39 is 6.10 Å². The summed E-state index contributed by atoms with van der Waals surface area (Å²) in [5, 5.41) is 18.5. The number of aliphatic hydroxyl groups is 2. The number of amides is 1.